The Morgan fingerprint density at radius 1 is 1.13 bits per heavy atom. The molecule has 2 aromatic rings. The summed E-state index contributed by atoms with van der Waals surface area (Å²) in [5.41, 5.74) is 2.37. The van der Waals surface area contributed by atoms with Crippen LogP contribution in [0.2, 0.25) is 5.02 Å². The molecule has 0 spiro atoms. The summed E-state index contributed by atoms with van der Waals surface area (Å²) in [6.07, 6.45) is 0.180. The van der Waals surface area contributed by atoms with Crippen LogP contribution < -0.4 is 4.74 Å². The molecule has 0 atom stereocenters. The minimum Gasteiger partial charge on any atom is -0.495 e. The van der Waals surface area contributed by atoms with Crippen molar-refractivity contribution in [2.45, 2.75) is 52.1 Å². The maximum atomic E-state index is 13.1. The highest BCUT2D eigenvalue weighted by Crippen LogP contribution is 2.29. The Kier molecular flexibility index (Phi) is 6.28. The zero-order valence-electron chi connectivity index (χ0n) is 19.0. The van der Waals surface area contributed by atoms with E-state index < -0.39 is 5.66 Å². The first kappa shape index (κ1) is 23.0. The smallest absolute Gasteiger partial charge is 0.275 e. The largest absolute Gasteiger partial charge is 0.495 e. The molecule has 1 amide bonds. The fourth-order valence-corrected chi connectivity index (χ4v) is 3.90. The zero-order valence-corrected chi connectivity index (χ0v) is 19.7. The van der Waals surface area contributed by atoms with E-state index in [0.717, 1.165) is 11.1 Å². The highest BCUT2D eigenvalue weighted by atomic mass is 35.5. The van der Waals surface area contributed by atoms with Crippen molar-refractivity contribution in [2.75, 3.05) is 13.7 Å². The second kappa shape index (κ2) is 8.46. The second-order valence-corrected chi connectivity index (χ2v) is 9.77. The van der Waals surface area contributed by atoms with Crippen molar-refractivity contribution in [1.82, 2.24) is 4.90 Å². The van der Waals surface area contributed by atoms with E-state index in [4.69, 9.17) is 16.3 Å². The third-order valence-electron chi connectivity index (χ3n) is 5.47. The summed E-state index contributed by atoms with van der Waals surface area (Å²) in [7, 11) is 1.54. The number of ketones is 1. The number of carbonyl (C=O) groups excluding carboxylic acids is 2. The van der Waals surface area contributed by atoms with Crippen molar-refractivity contribution < 1.29 is 14.3 Å². The van der Waals surface area contributed by atoms with Gasteiger partial charge in [0, 0.05) is 12.0 Å². The third kappa shape index (κ3) is 4.99. The normalized spacial score (nSPS) is 15.8. The van der Waals surface area contributed by atoms with Crippen LogP contribution in [0.15, 0.2) is 47.5 Å². The van der Waals surface area contributed by atoms with Gasteiger partial charge >= 0.3 is 0 Å². The number of halogens is 1. The van der Waals surface area contributed by atoms with E-state index in [1.54, 1.807) is 25.3 Å². The lowest BCUT2D eigenvalue weighted by atomic mass is 9.86. The van der Waals surface area contributed by atoms with Crippen molar-refractivity contribution in [3.63, 3.8) is 0 Å². The van der Waals surface area contributed by atoms with Crippen molar-refractivity contribution in [3.8, 4) is 5.75 Å². The average molecular weight is 441 g/mol. The number of benzene rings is 2. The van der Waals surface area contributed by atoms with E-state index in [1.165, 1.54) is 10.5 Å². The molecule has 5 nitrogen and oxygen atoms in total. The summed E-state index contributed by atoms with van der Waals surface area (Å²) >= 11 is 6.16. The number of Topliss-reactive ketones (excluding diaryl/α,β-unsaturated/α-hetero) is 1. The van der Waals surface area contributed by atoms with E-state index >= 15 is 0 Å². The van der Waals surface area contributed by atoms with Gasteiger partial charge in [-0.3, -0.25) is 14.6 Å². The number of amides is 1. The summed E-state index contributed by atoms with van der Waals surface area (Å²) in [5, 5.41) is 0.453. The van der Waals surface area contributed by atoms with Gasteiger partial charge in [-0.1, -0.05) is 62.7 Å². The van der Waals surface area contributed by atoms with Gasteiger partial charge in [0.25, 0.3) is 5.91 Å². The molecule has 0 saturated heterocycles. The minimum absolute atomic E-state index is 0.0114. The van der Waals surface area contributed by atoms with Crippen LogP contribution >= 0.6 is 11.6 Å². The predicted octanol–water partition coefficient (Wildman–Crippen LogP) is 4.83. The lowest BCUT2D eigenvalue weighted by Crippen LogP contribution is -2.45. The van der Waals surface area contributed by atoms with Gasteiger partial charge in [-0.2, -0.15) is 0 Å². The number of hydrogen-bond acceptors (Lipinski definition) is 4. The Labute approximate surface area is 189 Å². The van der Waals surface area contributed by atoms with E-state index in [0.29, 0.717) is 16.5 Å². The highest BCUT2D eigenvalue weighted by Gasteiger charge is 2.41. The minimum atomic E-state index is -0.789. The van der Waals surface area contributed by atoms with E-state index in [1.807, 2.05) is 38.1 Å². The third-order valence-corrected chi connectivity index (χ3v) is 5.77. The molecule has 0 aromatic heterocycles. The molecule has 1 aliphatic heterocycles. The molecule has 1 aliphatic rings. The monoisotopic (exact) mass is 440 g/mol. The van der Waals surface area contributed by atoms with E-state index in [9.17, 15) is 9.59 Å². The van der Waals surface area contributed by atoms with Gasteiger partial charge in [0.15, 0.2) is 5.78 Å². The maximum absolute atomic E-state index is 13.1. The number of methoxy groups -OCH3 is 1. The molecule has 31 heavy (non-hydrogen) atoms. The first-order valence-electron chi connectivity index (χ1n) is 10.3. The van der Waals surface area contributed by atoms with Crippen LogP contribution in [0.1, 0.15) is 51.3 Å². The Morgan fingerprint density at radius 3 is 2.32 bits per heavy atom. The van der Waals surface area contributed by atoms with Crippen LogP contribution in [0.25, 0.3) is 0 Å². The summed E-state index contributed by atoms with van der Waals surface area (Å²) in [6, 6.07) is 13.2. The first-order valence-corrected chi connectivity index (χ1v) is 10.7. The van der Waals surface area contributed by atoms with E-state index in [-0.39, 0.29) is 30.1 Å². The van der Waals surface area contributed by atoms with Gasteiger partial charge in [0.2, 0.25) is 0 Å². The van der Waals surface area contributed by atoms with Gasteiger partial charge < -0.3 is 9.64 Å². The van der Waals surface area contributed by atoms with Crippen LogP contribution in [-0.2, 0) is 21.4 Å². The molecule has 164 valence electrons. The molecule has 2 aromatic carbocycles. The number of ether oxygens (including phenoxy) is 1. The molecule has 0 N–H and O–H groups in total. The molecule has 0 aliphatic carbocycles. The molecule has 3 rings (SSSR count). The molecular weight excluding hydrogens is 412 g/mol. The molecule has 0 saturated carbocycles. The summed E-state index contributed by atoms with van der Waals surface area (Å²) in [5.74, 6) is 0.251. The summed E-state index contributed by atoms with van der Waals surface area (Å²) in [6.45, 7) is 10.1. The summed E-state index contributed by atoms with van der Waals surface area (Å²) < 4.78 is 5.15. The zero-order chi connectivity index (χ0) is 23.0. The topological polar surface area (TPSA) is 59.0 Å². The number of carbonyl (C=O) groups is 2. The predicted molar refractivity (Wildman–Crippen MR) is 124 cm³/mol. The number of nitrogens with zero attached hydrogens (tertiary/aromatic N) is 2. The lowest BCUT2D eigenvalue weighted by molar-refractivity contribution is -0.132. The van der Waals surface area contributed by atoms with Gasteiger partial charge in [0.1, 0.15) is 17.1 Å². The van der Waals surface area contributed by atoms with Crippen LogP contribution in [0.4, 0.5) is 0 Å². The Morgan fingerprint density at radius 2 is 1.77 bits per heavy atom. The van der Waals surface area contributed by atoms with Crippen LogP contribution in [0, 0.1) is 0 Å². The molecule has 0 fully saturated rings. The van der Waals surface area contributed by atoms with Crippen molar-refractivity contribution in [2.24, 2.45) is 4.99 Å². The maximum Gasteiger partial charge on any atom is 0.275 e. The van der Waals surface area contributed by atoms with Crippen LogP contribution in [0.5, 0.6) is 5.75 Å². The number of aliphatic imine (C=N–C) groups is 1. The van der Waals surface area contributed by atoms with Gasteiger partial charge in [-0.05, 0) is 42.5 Å². The first-order chi connectivity index (χ1) is 14.4. The van der Waals surface area contributed by atoms with E-state index in [2.05, 4.69) is 25.8 Å². The average Bonchev–Trinajstić information content (AvgIpc) is 2.91. The van der Waals surface area contributed by atoms with Crippen molar-refractivity contribution in [1.29, 1.82) is 0 Å². The quantitative estimate of drug-likeness (QED) is 0.646. The standard InChI is InChI=1S/C25H29ClN2O3/c1-24(2,3)18-10-8-17(9-11-18)22-23(30)28(25(4,5)27-22)15-19(29)13-16-7-12-21(31-6)20(26)14-16/h7-12,14H,13,15H2,1-6H3. The highest BCUT2D eigenvalue weighted by molar-refractivity contribution is 6.47. The fraction of sp³-hybridized carbons (Fsp3) is 0.400. The second-order valence-electron chi connectivity index (χ2n) is 9.36. The number of rotatable bonds is 6. The Balaban J connectivity index is 1.74. The van der Waals surface area contributed by atoms with Crippen molar-refractivity contribution in [3.05, 3.63) is 64.2 Å². The van der Waals surface area contributed by atoms with Crippen molar-refractivity contribution >= 4 is 29.0 Å². The van der Waals surface area contributed by atoms with Crippen LogP contribution in [0.3, 0.4) is 0 Å². The molecule has 1 heterocycles. The van der Waals surface area contributed by atoms with Crippen LogP contribution in [-0.4, -0.2) is 41.6 Å². The molecular formula is C25H29ClN2O3. The van der Waals surface area contributed by atoms with Gasteiger partial charge in [0.05, 0.1) is 18.7 Å². The van der Waals surface area contributed by atoms with Gasteiger partial charge in [-0.15, -0.1) is 0 Å². The molecule has 0 unspecified atom stereocenters. The SMILES string of the molecule is COc1ccc(CC(=O)CN2C(=O)C(c3ccc(C(C)(C)C)cc3)=NC2(C)C)cc1Cl. The molecule has 6 heteroatoms. The number of hydrogen-bond donors (Lipinski definition) is 0. The molecule has 0 bridgehead atoms. The summed E-state index contributed by atoms with van der Waals surface area (Å²) in [4.78, 5) is 32.1. The Hall–Kier alpha value is -2.66. The lowest BCUT2D eigenvalue weighted by Gasteiger charge is -2.28. The molecule has 0 radical (unpaired) electrons. The van der Waals surface area contributed by atoms with Gasteiger partial charge in [-0.25, -0.2) is 0 Å². The Bertz CT molecular complexity index is 1030. The fourth-order valence-electron chi connectivity index (χ4n) is 3.62.